The van der Waals surface area contributed by atoms with Crippen molar-refractivity contribution in [2.24, 2.45) is 0 Å². The number of nitrogens with zero attached hydrogens (tertiary/aromatic N) is 2. The van der Waals surface area contributed by atoms with Crippen molar-refractivity contribution < 1.29 is 19.1 Å². The summed E-state index contributed by atoms with van der Waals surface area (Å²) in [6, 6.07) is 13.8. The first-order valence-corrected chi connectivity index (χ1v) is 9.88. The summed E-state index contributed by atoms with van der Waals surface area (Å²) in [4.78, 5) is 30.0. The summed E-state index contributed by atoms with van der Waals surface area (Å²) >= 11 is 6.07. The molecule has 1 amide bonds. The number of hydrogen-bond acceptors (Lipinski definition) is 4. The molecule has 0 aliphatic carbocycles. The summed E-state index contributed by atoms with van der Waals surface area (Å²) < 4.78 is 14.0. The Morgan fingerprint density at radius 2 is 1.87 bits per heavy atom. The second kappa shape index (κ2) is 9.57. The Kier molecular flexibility index (Phi) is 6.87. The SMILES string of the molecule is C[C@H](NC(=O)c1cc(Cl)cnc1N(C)Cc1ccccc1F)c1ccc(C(=O)O)cc1. The van der Waals surface area contributed by atoms with Crippen LogP contribution in [0, 0.1) is 5.82 Å². The molecule has 0 aliphatic rings. The van der Waals surface area contributed by atoms with Gasteiger partial charge in [-0.25, -0.2) is 14.2 Å². The number of carbonyl (C=O) groups is 2. The van der Waals surface area contributed by atoms with Gasteiger partial charge in [0.1, 0.15) is 11.6 Å². The molecule has 0 saturated carbocycles. The molecule has 1 atom stereocenters. The van der Waals surface area contributed by atoms with Crippen LogP contribution >= 0.6 is 11.6 Å². The fraction of sp³-hybridized carbons (Fsp3) is 0.174. The number of carboxylic acids is 1. The van der Waals surface area contributed by atoms with E-state index in [1.165, 1.54) is 30.5 Å². The number of benzene rings is 2. The van der Waals surface area contributed by atoms with E-state index in [1.54, 1.807) is 49.2 Å². The van der Waals surface area contributed by atoms with Crippen LogP contribution in [-0.4, -0.2) is 29.0 Å². The molecule has 0 unspecified atom stereocenters. The van der Waals surface area contributed by atoms with Gasteiger partial charge in [0, 0.05) is 25.4 Å². The largest absolute Gasteiger partial charge is 0.478 e. The van der Waals surface area contributed by atoms with Crippen LogP contribution in [0.5, 0.6) is 0 Å². The Hall–Kier alpha value is -3.45. The third-order valence-electron chi connectivity index (χ3n) is 4.81. The van der Waals surface area contributed by atoms with E-state index in [4.69, 9.17) is 16.7 Å². The van der Waals surface area contributed by atoms with E-state index in [2.05, 4.69) is 10.3 Å². The normalized spacial score (nSPS) is 11.6. The minimum atomic E-state index is -1.02. The zero-order valence-corrected chi connectivity index (χ0v) is 17.7. The Morgan fingerprint density at radius 1 is 1.19 bits per heavy atom. The molecule has 1 heterocycles. The van der Waals surface area contributed by atoms with Crippen LogP contribution in [0.25, 0.3) is 0 Å². The fourth-order valence-corrected chi connectivity index (χ4v) is 3.29. The van der Waals surface area contributed by atoms with Gasteiger partial charge in [-0.2, -0.15) is 0 Å². The molecule has 2 N–H and O–H groups in total. The minimum absolute atomic E-state index is 0.165. The quantitative estimate of drug-likeness (QED) is 0.555. The summed E-state index contributed by atoms with van der Waals surface area (Å²) in [5.41, 5.74) is 1.63. The number of rotatable bonds is 7. The van der Waals surface area contributed by atoms with Gasteiger partial charge in [-0.3, -0.25) is 4.79 Å². The van der Waals surface area contributed by atoms with Gasteiger partial charge in [-0.15, -0.1) is 0 Å². The summed E-state index contributed by atoms with van der Waals surface area (Å²) in [6.07, 6.45) is 1.43. The highest BCUT2D eigenvalue weighted by atomic mass is 35.5. The van der Waals surface area contributed by atoms with Crippen molar-refractivity contribution in [3.63, 3.8) is 0 Å². The molecule has 0 aliphatic heterocycles. The molecule has 2 aromatic carbocycles. The van der Waals surface area contributed by atoms with Crippen molar-refractivity contribution in [3.8, 4) is 0 Å². The second-order valence-electron chi connectivity index (χ2n) is 7.09. The fourth-order valence-electron chi connectivity index (χ4n) is 3.13. The van der Waals surface area contributed by atoms with Crippen LogP contribution in [0.2, 0.25) is 5.02 Å². The van der Waals surface area contributed by atoms with E-state index in [0.717, 1.165) is 5.56 Å². The predicted molar refractivity (Wildman–Crippen MR) is 117 cm³/mol. The lowest BCUT2D eigenvalue weighted by Crippen LogP contribution is -2.29. The minimum Gasteiger partial charge on any atom is -0.478 e. The number of halogens is 2. The van der Waals surface area contributed by atoms with Gasteiger partial charge >= 0.3 is 5.97 Å². The van der Waals surface area contributed by atoms with E-state index >= 15 is 0 Å². The zero-order valence-electron chi connectivity index (χ0n) is 17.0. The van der Waals surface area contributed by atoms with Gasteiger partial charge in [0.25, 0.3) is 5.91 Å². The molecule has 0 spiro atoms. The van der Waals surface area contributed by atoms with E-state index in [-0.39, 0.29) is 29.5 Å². The van der Waals surface area contributed by atoms with Crippen molar-refractivity contribution in [1.29, 1.82) is 0 Å². The standard InChI is InChI=1S/C23H21ClFN3O3/c1-14(15-7-9-16(10-8-15)23(30)31)27-22(29)19-11-18(24)12-26-21(19)28(2)13-17-5-3-4-6-20(17)25/h3-12,14H,13H2,1-2H3,(H,27,29)(H,30,31)/t14-/m0/s1. The lowest BCUT2D eigenvalue weighted by Gasteiger charge is -2.22. The predicted octanol–water partition coefficient (Wildman–Crippen LogP) is 4.70. The van der Waals surface area contributed by atoms with Crippen LogP contribution in [0.1, 0.15) is 44.8 Å². The van der Waals surface area contributed by atoms with Crippen molar-refractivity contribution in [2.75, 3.05) is 11.9 Å². The molecule has 1 aromatic heterocycles. The summed E-state index contributed by atoms with van der Waals surface area (Å²) in [5.74, 6) is -1.40. The molecule has 3 aromatic rings. The zero-order chi connectivity index (χ0) is 22.5. The number of pyridine rings is 1. The first-order chi connectivity index (χ1) is 14.8. The highest BCUT2D eigenvalue weighted by Gasteiger charge is 2.20. The first-order valence-electron chi connectivity index (χ1n) is 9.50. The van der Waals surface area contributed by atoms with Crippen LogP contribution in [0.15, 0.2) is 60.8 Å². The number of nitrogens with one attached hydrogen (secondary N) is 1. The number of amides is 1. The molecule has 31 heavy (non-hydrogen) atoms. The summed E-state index contributed by atoms with van der Waals surface area (Å²) in [7, 11) is 1.72. The number of aromatic carboxylic acids is 1. The molecular weight excluding hydrogens is 421 g/mol. The number of anilines is 1. The molecular formula is C23H21ClFN3O3. The molecule has 0 fully saturated rings. The third kappa shape index (κ3) is 5.38. The van der Waals surface area contributed by atoms with Crippen molar-refractivity contribution in [1.82, 2.24) is 10.3 Å². The maximum absolute atomic E-state index is 14.0. The molecule has 160 valence electrons. The highest BCUT2D eigenvalue weighted by Crippen LogP contribution is 2.24. The maximum Gasteiger partial charge on any atom is 0.335 e. The molecule has 0 saturated heterocycles. The number of aromatic nitrogens is 1. The van der Waals surface area contributed by atoms with Gasteiger partial charge in [-0.05, 0) is 36.8 Å². The topological polar surface area (TPSA) is 82.5 Å². The van der Waals surface area contributed by atoms with E-state index in [0.29, 0.717) is 16.4 Å². The lowest BCUT2D eigenvalue weighted by molar-refractivity contribution is 0.0696. The highest BCUT2D eigenvalue weighted by molar-refractivity contribution is 6.31. The van der Waals surface area contributed by atoms with E-state index in [1.807, 2.05) is 0 Å². The van der Waals surface area contributed by atoms with Gasteiger partial charge in [0.05, 0.1) is 22.2 Å². The Bertz CT molecular complexity index is 1110. The smallest absolute Gasteiger partial charge is 0.335 e. The van der Waals surface area contributed by atoms with Gasteiger partial charge in [-0.1, -0.05) is 41.9 Å². The Morgan fingerprint density at radius 3 is 2.52 bits per heavy atom. The van der Waals surface area contributed by atoms with Gasteiger partial charge in [0.2, 0.25) is 0 Å². The number of carbonyl (C=O) groups excluding carboxylic acids is 1. The Labute approximate surface area is 184 Å². The third-order valence-corrected chi connectivity index (χ3v) is 5.02. The van der Waals surface area contributed by atoms with Crippen molar-refractivity contribution in [3.05, 3.63) is 93.9 Å². The number of hydrogen-bond donors (Lipinski definition) is 2. The number of carboxylic acid groups (broad SMARTS) is 1. The van der Waals surface area contributed by atoms with Gasteiger partial charge in [0.15, 0.2) is 0 Å². The second-order valence-corrected chi connectivity index (χ2v) is 7.53. The summed E-state index contributed by atoms with van der Waals surface area (Å²) in [6.45, 7) is 2.00. The van der Waals surface area contributed by atoms with E-state index in [9.17, 15) is 14.0 Å². The Balaban J connectivity index is 1.81. The van der Waals surface area contributed by atoms with Crippen LogP contribution in [0.3, 0.4) is 0 Å². The summed E-state index contributed by atoms with van der Waals surface area (Å²) in [5, 5.41) is 12.2. The average molecular weight is 442 g/mol. The molecule has 0 radical (unpaired) electrons. The lowest BCUT2D eigenvalue weighted by atomic mass is 10.1. The van der Waals surface area contributed by atoms with E-state index < -0.39 is 11.9 Å². The van der Waals surface area contributed by atoms with Crippen LogP contribution in [-0.2, 0) is 6.54 Å². The first kappa shape index (κ1) is 22.2. The molecule has 6 nitrogen and oxygen atoms in total. The monoisotopic (exact) mass is 441 g/mol. The van der Waals surface area contributed by atoms with Crippen molar-refractivity contribution >= 4 is 29.3 Å². The van der Waals surface area contributed by atoms with Gasteiger partial charge < -0.3 is 15.3 Å². The van der Waals surface area contributed by atoms with Crippen LogP contribution < -0.4 is 10.2 Å². The van der Waals surface area contributed by atoms with Crippen molar-refractivity contribution in [2.45, 2.75) is 19.5 Å². The average Bonchev–Trinajstić information content (AvgIpc) is 2.75. The molecule has 0 bridgehead atoms. The molecule has 8 heteroatoms. The maximum atomic E-state index is 14.0. The van der Waals surface area contributed by atoms with Crippen LogP contribution in [0.4, 0.5) is 10.2 Å². The molecule has 3 rings (SSSR count).